The summed E-state index contributed by atoms with van der Waals surface area (Å²) in [6, 6.07) is 0. The lowest BCUT2D eigenvalue weighted by Crippen LogP contribution is -2.21. The molecule has 72 valence electrons. The first-order valence-electron chi connectivity index (χ1n) is 4.66. The fraction of sp³-hybridized carbons (Fsp3) is 0.700. The van der Waals surface area contributed by atoms with Crippen molar-refractivity contribution >= 4 is 11.9 Å². The van der Waals surface area contributed by atoms with Crippen molar-refractivity contribution < 1.29 is 14.3 Å². The van der Waals surface area contributed by atoms with Gasteiger partial charge in [0, 0.05) is 0 Å². The summed E-state index contributed by atoms with van der Waals surface area (Å²) < 4.78 is 5.11. The minimum Gasteiger partial charge on any atom is -0.458 e. The van der Waals surface area contributed by atoms with Crippen LogP contribution in [0.25, 0.3) is 0 Å². The van der Waals surface area contributed by atoms with Gasteiger partial charge in [0.1, 0.15) is 17.6 Å². The zero-order chi connectivity index (χ0) is 9.68. The van der Waals surface area contributed by atoms with Crippen molar-refractivity contribution in [2.75, 3.05) is 0 Å². The van der Waals surface area contributed by atoms with Gasteiger partial charge in [0.05, 0.1) is 0 Å². The highest BCUT2D eigenvalue weighted by molar-refractivity contribution is 5.96. The molecule has 0 amide bonds. The summed E-state index contributed by atoms with van der Waals surface area (Å²) in [6.45, 7) is 1.43. The van der Waals surface area contributed by atoms with Crippen molar-refractivity contribution in [2.24, 2.45) is 0 Å². The largest absolute Gasteiger partial charge is 0.458 e. The van der Waals surface area contributed by atoms with E-state index in [2.05, 4.69) is 0 Å². The predicted molar refractivity (Wildman–Crippen MR) is 47.8 cm³/mol. The Hall–Kier alpha value is -1.08. The second-order valence-electron chi connectivity index (χ2n) is 3.39. The van der Waals surface area contributed by atoms with Gasteiger partial charge >= 0.3 is 5.97 Å². The van der Waals surface area contributed by atoms with Crippen molar-refractivity contribution in [3.63, 3.8) is 0 Å². The summed E-state index contributed by atoms with van der Waals surface area (Å²) in [5.41, 5.74) is 0.0329. The Morgan fingerprint density at radius 1 is 1.31 bits per heavy atom. The van der Waals surface area contributed by atoms with Crippen LogP contribution >= 0.6 is 0 Å². The Labute approximate surface area is 77.8 Å². The Morgan fingerprint density at radius 3 is 2.46 bits per heavy atom. The molecule has 0 atom stereocenters. The van der Waals surface area contributed by atoms with E-state index in [1.165, 1.54) is 13.3 Å². The molecular formula is C10H14O3. The van der Waals surface area contributed by atoms with E-state index >= 15 is 0 Å². The van der Waals surface area contributed by atoms with Gasteiger partial charge in [-0.3, -0.25) is 0 Å². The van der Waals surface area contributed by atoms with Gasteiger partial charge in [0.25, 0.3) is 0 Å². The first-order valence-corrected chi connectivity index (χ1v) is 4.66. The molecule has 1 fully saturated rings. The van der Waals surface area contributed by atoms with E-state index in [4.69, 9.17) is 4.74 Å². The van der Waals surface area contributed by atoms with Gasteiger partial charge in [-0.2, -0.15) is 0 Å². The molecule has 1 aliphatic carbocycles. The van der Waals surface area contributed by atoms with Gasteiger partial charge in [-0.25, -0.2) is 9.59 Å². The molecule has 0 spiro atoms. The Bertz CT molecular complexity index is 233. The normalized spacial score (nSPS) is 17.6. The third-order valence-corrected chi connectivity index (χ3v) is 2.29. The number of carbonyl (C=O) groups excluding carboxylic acids is 2. The highest BCUT2D eigenvalue weighted by atomic mass is 16.5. The molecule has 0 bridgehead atoms. The van der Waals surface area contributed by atoms with Crippen molar-refractivity contribution in [1.29, 1.82) is 0 Å². The van der Waals surface area contributed by atoms with Gasteiger partial charge < -0.3 is 4.74 Å². The highest BCUT2D eigenvalue weighted by Gasteiger charge is 2.18. The molecule has 0 unspecified atom stereocenters. The molecule has 0 N–H and O–H groups in total. The molecule has 0 aliphatic heterocycles. The van der Waals surface area contributed by atoms with Crippen LogP contribution in [0.4, 0.5) is 0 Å². The fourth-order valence-electron chi connectivity index (χ4n) is 1.46. The van der Waals surface area contributed by atoms with Gasteiger partial charge in [-0.15, -0.1) is 0 Å². The maximum absolute atomic E-state index is 11.1. The van der Waals surface area contributed by atoms with E-state index in [9.17, 15) is 9.59 Å². The van der Waals surface area contributed by atoms with Crippen LogP contribution in [-0.4, -0.2) is 18.0 Å². The summed E-state index contributed by atoms with van der Waals surface area (Å²) in [6.07, 6.45) is 5.32. The molecule has 0 radical (unpaired) electrons. The van der Waals surface area contributed by atoms with Gasteiger partial charge in [0.2, 0.25) is 0 Å². The van der Waals surface area contributed by atoms with E-state index in [0.29, 0.717) is 0 Å². The standard InChI is InChI=1S/C10H14O3/c1-8(7-11)10(12)13-9-5-3-2-4-6-9/h9H,2-6H2,1H3. The van der Waals surface area contributed by atoms with Crippen molar-refractivity contribution in [2.45, 2.75) is 45.1 Å². The van der Waals surface area contributed by atoms with Gasteiger partial charge in [-0.05, 0) is 32.6 Å². The molecule has 13 heavy (non-hydrogen) atoms. The molecule has 1 aliphatic rings. The number of esters is 1. The van der Waals surface area contributed by atoms with Crippen molar-refractivity contribution in [3.8, 4) is 0 Å². The van der Waals surface area contributed by atoms with E-state index in [1.54, 1.807) is 5.94 Å². The number of carbonyl (C=O) groups is 1. The number of rotatable bonds is 2. The molecule has 0 aromatic rings. The summed E-state index contributed by atoms with van der Waals surface area (Å²) >= 11 is 0. The molecule has 0 aromatic heterocycles. The number of ether oxygens (including phenoxy) is 1. The first kappa shape index (κ1) is 10.0. The number of hydrogen-bond acceptors (Lipinski definition) is 3. The Kier molecular flexibility index (Phi) is 3.71. The molecule has 0 heterocycles. The smallest absolute Gasteiger partial charge is 0.345 e. The molecule has 0 saturated heterocycles. The lowest BCUT2D eigenvalue weighted by Gasteiger charge is -2.21. The maximum Gasteiger partial charge on any atom is 0.345 e. The molecule has 3 nitrogen and oxygen atoms in total. The summed E-state index contributed by atoms with van der Waals surface area (Å²) in [5.74, 6) is 1.03. The molecule has 1 saturated carbocycles. The van der Waals surface area contributed by atoms with Crippen molar-refractivity contribution in [3.05, 3.63) is 5.57 Å². The van der Waals surface area contributed by atoms with E-state index in [1.807, 2.05) is 0 Å². The molecule has 0 aromatic carbocycles. The zero-order valence-corrected chi connectivity index (χ0v) is 7.84. The Morgan fingerprint density at radius 2 is 1.92 bits per heavy atom. The average Bonchev–Trinajstić information content (AvgIpc) is 2.18. The first-order chi connectivity index (χ1) is 6.24. The highest BCUT2D eigenvalue weighted by Crippen LogP contribution is 2.20. The third kappa shape index (κ3) is 3.03. The predicted octanol–water partition coefficient (Wildman–Crippen LogP) is 1.64. The second-order valence-corrected chi connectivity index (χ2v) is 3.39. The van der Waals surface area contributed by atoms with E-state index < -0.39 is 5.97 Å². The van der Waals surface area contributed by atoms with Crippen LogP contribution in [-0.2, 0) is 14.3 Å². The summed E-state index contributed by atoms with van der Waals surface area (Å²) in [7, 11) is 0. The van der Waals surface area contributed by atoms with Crippen LogP contribution in [0.1, 0.15) is 39.0 Å². The van der Waals surface area contributed by atoms with Crippen LogP contribution in [0.3, 0.4) is 0 Å². The quantitative estimate of drug-likeness (QED) is 0.370. The van der Waals surface area contributed by atoms with Crippen LogP contribution in [0, 0.1) is 0 Å². The van der Waals surface area contributed by atoms with Gasteiger partial charge in [0.15, 0.2) is 0 Å². The van der Waals surface area contributed by atoms with Gasteiger partial charge in [-0.1, -0.05) is 6.42 Å². The fourth-order valence-corrected chi connectivity index (χ4v) is 1.46. The second kappa shape index (κ2) is 4.83. The monoisotopic (exact) mass is 182 g/mol. The number of hydrogen-bond donors (Lipinski definition) is 0. The van der Waals surface area contributed by atoms with Crippen molar-refractivity contribution in [1.82, 2.24) is 0 Å². The Balaban J connectivity index is 2.39. The van der Waals surface area contributed by atoms with Crippen LogP contribution in [0.5, 0.6) is 0 Å². The lowest BCUT2D eigenvalue weighted by atomic mass is 9.98. The third-order valence-electron chi connectivity index (χ3n) is 2.29. The zero-order valence-electron chi connectivity index (χ0n) is 7.84. The van der Waals surface area contributed by atoms with Crippen LogP contribution < -0.4 is 0 Å². The molecular weight excluding hydrogens is 168 g/mol. The lowest BCUT2D eigenvalue weighted by molar-refractivity contribution is -0.145. The molecule has 1 rings (SSSR count). The average molecular weight is 182 g/mol. The summed E-state index contributed by atoms with van der Waals surface area (Å²) in [4.78, 5) is 21.2. The minimum atomic E-state index is -0.512. The van der Waals surface area contributed by atoms with Crippen LogP contribution in [0.15, 0.2) is 5.57 Å². The van der Waals surface area contributed by atoms with E-state index in [-0.39, 0.29) is 11.7 Å². The van der Waals surface area contributed by atoms with Crippen LogP contribution in [0.2, 0.25) is 0 Å². The minimum absolute atomic E-state index is 0.0181. The topological polar surface area (TPSA) is 43.4 Å². The SMILES string of the molecule is CC(=C=O)C(=O)OC1CCCCC1. The maximum atomic E-state index is 11.1. The molecule has 3 heteroatoms. The summed E-state index contributed by atoms with van der Waals surface area (Å²) in [5, 5.41) is 0. The van der Waals surface area contributed by atoms with E-state index in [0.717, 1.165) is 25.7 Å².